The number of carbonyl (C=O) groups excluding carboxylic acids is 1. The van der Waals surface area contributed by atoms with Gasteiger partial charge in [-0.1, -0.05) is 13.8 Å². The third-order valence-corrected chi connectivity index (χ3v) is 3.66. The number of amides is 1. The maximum absolute atomic E-state index is 11.4. The molecule has 1 aliphatic rings. The van der Waals surface area contributed by atoms with Crippen molar-refractivity contribution in [3.05, 3.63) is 27.8 Å². The van der Waals surface area contributed by atoms with Gasteiger partial charge in [-0.15, -0.1) is 0 Å². The van der Waals surface area contributed by atoms with Crippen LogP contribution in [0.25, 0.3) is 0 Å². The van der Waals surface area contributed by atoms with Gasteiger partial charge in [0, 0.05) is 24.2 Å². The van der Waals surface area contributed by atoms with E-state index in [1.807, 2.05) is 13.8 Å². The Morgan fingerprint density at radius 2 is 2.05 bits per heavy atom. The second kappa shape index (κ2) is 5.90. The number of anilines is 2. The number of hydrogen-bond donors (Lipinski definition) is 2. The van der Waals surface area contributed by atoms with E-state index in [4.69, 9.17) is 0 Å². The van der Waals surface area contributed by atoms with Gasteiger partial charge in [0.1, 0.15) is 5.69 Å². The molecule has 20 heavy (non-hydrogen) atoms. The molecule has 0 bridgehead atoms. The van der Waals surface area contributed by atoms with Gasteiger partial charge in [0.25, 0.3) is 5.69 Å². The molecule has 1 heterocycles. The van der Waals surface area contributed by atoms with Gasteiger partial charge in [0.2, 0.25) is 5.91 Å². The zero-order valence-electron chi connectivity index (χ0n) is 11.7. The van der Waals surface area contributed by atoms with Crippen molar-refractivity contribution in [1.82, 2.24) is 0 Å². The maximum Gasteiger partial charge on any atom is 0.292 e. The quantitative estimate of drug-likeness (QED) is 0.640. The van der Waals surface area contributed by atoms with E-state index in [0.717, 1.165) is 18.4 Å². The van der Waals surface area contributed by atoms with Crippen molar-refractivity contribution < 1.29 is 9.72 Å². The van der Waals surface area contributed by atoms with Gasteiger partial charge < -0.3 is 10.6 Å². The Bertz CT molecular complexity index is 539. The number of nitrogens with one attached hydrogen (secondary N) is 2. The Kier molecular flexibility index (Phi) is 4.22. The SMILES string of the molecule is CCC(CC)Nc1cc2c(cc1[N+](=O)[O-])CCC(=O)N2. The Morgan fingerprint density at radius 3 is 2.65 bits per heavy atom. The first-order chi connectivity index (χ1) is 9.55. The molecule has 6 nitrogen and oxygen atoms in total. The summed E-state index contributed by atoms with van der Waals surface area (Å²) in [4.78, 5) is 22.3. The third kappa shape index (κ3) is 2.89. The minimum absolute atomic E-state index is 0.0418. The summed E-state index contributed by atoms with van der Waals surface area (Å²) in [6, 6.07) is 3.44. The fraction of sp³-hybridized carbons (Fsp3) is 0.500. The Labute approximate surface area is 117 Å². The summed E-state index contributed by atoms with van der Waals surface area (Å²) < 4.78 is 0. The lowest BCUT2D eigenvalue weighted by Crippen LogP contribution is -2.21. The first-order valence-electron chi connectivity index (χ1n) is 6.92. The summed E-state index contributed by atoms with van der Waals surface area (Å²) in [5.74, 6) is -0.0418. The topological polar surface area (TPSA) is 84.3 Å². The number of aryl methyl sites for hydroxylation is 1. The Morgan fingerprint density at radius 1 is 1.35 bits per heavy atom. The molecule has 1 aromatic rings. The van der Waals surface area contributed by atoms with E-state index in [9.17, 15) is 14.9 Å². The van der Waals surface area contributed by atoms with Crippen molar-refractivity contribution in [2.75, 3.05) is 10.6 Å². The molecular formula is C14H19N3O3. The van der Waals surface area contributed by atoms with Crippen molar-refractivity contribution in [3.63, 3.8) is 0 Å². The van der Waals surface area contributed by atoms with Gasteiger partial charge in [-0.2, -0.15) is 0 Å². The van der Waals surface area contributed by atoms with Crippen LogP contribution in [-0.2, 0) is 11.2 Å². The zero-order valence-corrected chi connectivity index (χ0v) is 11.7. The van der Waals surface area contributed by atoms with Gasteiger partial charge in [-0.05, 0) is 30.9 Å². The highest BCUT2D eigenvalue weighted by Crippen LogP contribution is 2.34. The number of hydrogen-bond acceptors (Lipinski definition) is 4. The molecule has 0 spiro atoms. The van der Waals surface area contributed by atoms with Crippen molar-refractivity contribution >= 4 is 23.0 Å². The first-order valence-corrected chi connectivity index (χ1v) is 6.92. The fourth-order valence-electron chi connectivity index (χ4n) is 2.39. The number of fused-ring (bicyclic) bond motifs is 1. The van der Waals surface area contributed by atoms with Crippen molar-refractivity contribution in [3.8, 4) is 0 Å². The monoisotopic (exact) mass is 277 g/mol. The van der Waals surface area contributed by atoms with Gasteiger partial charge in [0.15, 0.2) is 0 Å². The summed E-state index contributed by atoms with van der Waals surface area (Å²) >= 11 is 0. The molecule has 1 amide bonds. The van der Waals surface area contributed by atoms with E-state index in [1.54, 1.807) is 12.1 Å². The molecule has 0 atom stereocenters. The van der Waals surface area contributed by atoms with Crippen molar-refractivity contribution in [2.24, 2.45) is 0 Å². The molecule has 0 aromatic heterocycles. The van der Waals surface area contributed by atoms with E-state index < -0.39 is 0 Å². The zero-order chi connectivity index (χ0) is 14.7. The van der Waals surface area contributed by atoms with E-state index in [2.05, 4.69) is 10.6 Å². The second-order valence-corrected chi connectivity index (χ2v) is 4.99. The molecule has 0 fully saturated rings. The minimum Gasteiger partial charge on any atom is -0.377 e. The van der Waals surface area contributed by atoms with Crippen LogP contribution in [0.4, 0.5) is 17.1 Å². The number of nitro groups is 1. The Hall–Kier alpha value is -2.11. The second-order valence-electron chi connectivity index (χ2n) is 4.99. The summed E-state index contributed by atoms with van der Waals surface area (Å²) in [5.41, 5.74) is 2.06. The third-order valence-electron chi connectivity index (χ3n) is 3.66. The van der Waals surface area contributed by atoms with Gasteiger partial charge in [-0.25, -0.2) is 0 Å². The average Bonchev–Trinajstić information content (AvgIpc) is 2.43. The summed E-state index contributed by atoms with van der Waals surface area (Å²) in [7, 11) is 0. The summed E-state index contributed by atoms with van der Waals surface area (Å²) in [6.07, 6.45) is 2.70. The summed E-state index contributed by atoms with van der Waals surface area (Å²) in [5, 5.41) is 17.2. The lowest BCUT2D eigenvalue weighted by atomic mass is 10.0. The highest BCUT2D eigenvalue weighted by atomic mass is 16.6. The van der Waals surface area contributed by atoms with Gasteiger partial charge in [0.05, 0.1) is 4.92 Å². The lowest BCUT2D eigenvalue weighted by Gasteiger charge is -2.21. The van der Waals surface area contributed by atoms with E-state index in [-0.39, 0.29) is 22.6 Å². The molecular weight excluding hydrogens is 258 g/mol. The lowest BCUT2D eigenvalue weighted by molar-refractivity contribution is -0.384. The first kappa shape index (κ1) is 14.3. The van der Waals surface area contributed by atoms with Crippen LogP contribution in [0.5, 0.6) is 0 Å². The Balaban J connectivity index is 2.40. The highest BCUT2D eigenvalue weighted by molar-refractivity contribution is 5.95. The van der Waals surface area contributed by atoms with Crippen LogP contribution in [0.15, 0.2) is 12.1 Å². The average molecular weight is 277 g/mol. The number of rotatable bonds is 5. The fourth-order valence-corrected chi connectivity index (χ4v) is 2.39. The minimum atomic E-state index is -0.374. The van der Waals surface area contributed by atoms with E-state index >= 15 is 0 Å². The molecule has 0 unspecified atom stereocenters. The highest BCUT2D eigenvalue weighted by Gasteiger charge is 2.23. The van der Waals surface area contributed by atoms with E-state index in [1.165, 1.54) is 0 Å². The van der Waals surface area contributed by atoms with Crippen LogP contribution in [0, 0.1) is 10.1 Å². The number of nitro benzene ring substituents is 1. The van der Waals surface area contributed by atoms with Crippen LogP contribution in [0.1, 0.15) is 38.7 Å². The standard InChI is InChI=1S/C14H19N3O3/c1-3-10(4-2)15-12-8-11-9(5-6-14(18)16-11)7-13(12)17(19)20/h7-8,10,15H,3-6H2,1-2H3,(H,16,18). The predicted molar refractivity (Wildman–Crippen MR) is 78.0 cm³/mol. The van der Waals surface area contributed by atoms with Crippen LogP contribution in [-0.4, -0.2) is 16.9 Å². The van der Waals surface area contributed by atoms with Crippen LogP contribution >= 0.6 is 0 Å². The molecule has 2 N–H and O–H groups in total. The number of carbonyl (C=O) groups is 1. The molecule has 2 rings (SSSR count). The largest absolute Gasteiger partial charge is 0.377 e. The molecule has 0 radical (unpaired) electrons. The summed E-state index contributed by atoms with van der Waals surface area (Å²) in [6.45, 7) is 4.07. The molecule has 0 saturated heterocycles. The molecule has 6 heteroatoms. The molecule has 1 aromatic carbocycles. The molecule has 108 valence electrons. The predicted octanol–water partition coefficient (Wildman–Crippen LogP) is 3.08. The smallest absolute Gasteiger partial charge is 0.292 e. The van der Waals surface area contributed by atoms with Gasteiger partial charge >= 0.3 is 0 Å². The van der Waals surface area contributed by atoms with Gasteiger partial charge in [-0.3, -0.25) is 14.9 Å². The van der Waals surface area contributed by atoms with Crippen LogP contribution in [0.3, 0.4) is 0 Å². The maximum atomic E-state index is 11.4. The van der Waals surface area contributed by atoms with Crippen LogP contribution in [0.2, 0.25) is 0 Å². The number of nitrogens with zero attached hydrogens (tertiary/aromatic N) is 1. The van der Waals surface area contributed by atoms with Crippen molar-refractivity contribution in [1.29, 1.82) is 0 Å². The van der Waals surface area contributed by atoms with Crippen molar-refractivity contribution in [2.45, 2.75) is 45.6 Å². The normalized spacial score (nSPS) is 13.8. The molecule has 0 saturated carbocycles. The molecule has 1 aliphatic heterocycles. The van der Waals surface area contributed by atoms with E-state index in [0.29, 0.717) is 24.2 Å². The number of benzene rings is 1. The molecule has 0 aliphatic carbocycles. The van der Waals surface area contributed by atoms with Crippen LogP contribution < -0.4 is 10.6 Å².